The highest BCUT2D eigenvalue weighted by Crippen LogP contribution is 2.35. The summed E-state index contributed by atoms with van der Waals surface area (Å²) in [7, 11) is 3.29. The van der Waals surface area contributed by atoms with Crippen molar-refractivity contribution in [2.45, 2.75) is 6.17 Å². The fourth-order valence-corrected chi connectivity index (χ4v) is 2.38. The molecule has 0 saturated carbocycles. The molecule has 0 saturated heterocycles. The van der Waals surface area contributed by atoms with Gasteiger partial charge in [-0.15, -0.1) is 0 Å². The molecule has 19 heavy (non-hydrogen) atoms. The zero-order valence-electron chi connectivity index (χ0n) is 10.9. The minimum atomic E-state index is 0.160. The van der Waals surface area contributed by atoms with Gasteiger partial charge in [0.15, 0.2) is 11.5 Å². The lowest BCUT2D eigenvalue weighted by Gasteiger charge is -2.18. The van der Waals surface area contributed by atoms with Crippen molar-refractivity contribution in [2.24, 2.45) is 0 Å². The number of allylic oxidation sites excluding steroid dienone is 2. The molecule has 0 fully saturated rings. The second kappa shape index (κ2) is 4.72. The van der Waals surface area contributed by atoms with Crippen LogP contribution in [-0.4, -0.2) is 20.4 Å². The Morgan fingerprint density at radius 1 is 1.05 bits per heavy atom. The summed E-state index contributed by atoms with van der Waals surface area (Å²) < 4.78 is 10.6. The number of benzene rings is 1. The summed E-state index contributed by atoms with van der Waals surface area (Å²) >= 11 is 0. The first-order chi connectivity index (χ1) is 9.33. The van der Waals surface area contributed by atoms with Gasteiger partial charge in [0, 0.05) is 17.3 Å². The standard InChI is InChI=1S/C15H16N2O2/c1-18-13-6-5-10(8-14(13)19-2)12-9-17-15-11(12)4-3-7-16-15/h3-9,15-17H,1-2H3. The lowest BCUT2D eigenvalue weighted by Crippen LogP contribution is -2.35. The summed E-state index contributed by atoms with van der Waals surface area (Å²) in [5, 5.41) is 6.57. The van der Waals surface area contributed by atoms with Crippen LogP contribution < -0.4 is 20.1 Å². The second-order valence-electron chi connectivity index (χ2n) is 4.38. The lowest BCUT2D eigenvalue weighted by atomic mass is 9.97. The van der Waals surface area contributed by atoms with Gasteiger partial charge in [0.05, 0.1) is 14.2 Å². The Balaban J connectivity index is 1.99. The Kier molecular flexibility index (Phi) is 2.91. The van der Waals surface area contributed by atoms with E-state index >= 15 is 0 Å². The average Bonchev–Trinajstić information content (AvgIpc) is 2.90. The molecule has 2 aliphatic heterocycles. The van der Waals surface area contributed by atoms with Crippen molar-refractivity contribution < 1.29 is 9.47 Å². The van der Waals surface area contributed by atoms with Crippen molar-refractivity contribution in [1.29, 1.82) is 0 Å². The maximum atomic E-state index is 5.35. The zero-order chi connectivity index (χ0) is 13.2. The third-order valence-corrected chi connectivity index (χ3v) is 3.35. The average molecular weight is 256 g/mol. The molecular weight excluding hydrogens is 240 g/mol. The van der Waals surface area contributed by atoms with Crippen molar-refractivity contribution in [3.8, 4) is 11.5 Å². The van der Waals surface area contributed by atoms with Crippen LogP contribution in [0, 0.1) is 0 Å². The molecule has 98 valence electrons. The quantitative estimate of drug-likeness (QED) is 0.868. The van der Waals surface area contributed by atoms with E-state index in [0.717, 1.165) is 17.1 Å². The van der Waals surface area contributed by atoms with Gasteiger partial charge in [-0.3, -0.25) is 0 Å². The smallest absolute Gasteiger partial charge is 0.161 e. The maximum absolute atomic E-state index is 5.35. The van der Waals surface area contributed by atoms with Crippen LogP contribution in [0.2, 0.25) is 0 Å². The molecule has 0 amide bonds. The third-order valence-electron chi connectivity index (χ3n) is 3.35. The van der Waals surface area contributed by atoms with Gasteiger partial charge >= 0.3 is 0 Å². The minimum absolute atomic E-state index is 0.160. The van der Waals surface area contributed by atoms with Crippen LogP contribution in [0.5, 0.6) is 11.5 Å². The third kappa shape index (κ3) is 1.95. The van der Waals surface area contributed by atoms with E-state index in [4.69, 9.17) is 9.47 Å². The fourth-order valence-electron chi connectivity index (χ4n) is 2.38. The molecule has 1 aromatic carbocycles. The van der Waals surface area contributed by atoms with Gasteiger partial charge in [0.2, 0.25) is 0 Å². The van der Waals surface area contributed by atoms with Crippen molar-refractivity contribution in [3.05, 3.63) is 53.9 Å². The first-order valence-electron chi connectivity index (χ1n) is 6.15. The summed E-state index contributed by atoms with van der Waals surface area (Å²) in [5.74, 6) is 1.48. The fraction of sp³-hybridized carbons (Fsp3) is 0.200. The molecule has 3 rings (SSSR count). The van der Waals surface area contributed by atoms with Crippen LogP contribution in [0.25, 0.3) is 5.57 Å². The number of nitrogens with one attached hydrogen (secondary N) is 2. The Labute approximate surface area is 112 Å². The summed E-state index contributed by atoms with van der Waals surface area (Å²) in [6, 6.07) is 5.96. The van der Waals surface area contributed by atoms with Crippen LogP contribution in [0.15, 0.2) is 48.3 Å². The van der Waals surface area contributed by atoms with Gasteiger partial charge < -0.3 is 20.1 Å². The number of ether oxygens (including phenoxy) is 2. The van der Waals surface area contributed by atoms with E-state index in [0.29, 0.717) is 0 Å². The number of dihydropyridines is 1. The summed E-state index contributed by atoms with van der Waals surface area (Å²) in [4.78, 5) is 0. The normalized spacial score (nSPS) is 19.8. The molecule has 0 radical (unpaired) electrons. The van der Waals surface area contributed by atoms with Gasteiger partial charge in [-0.25, -0.2) is 0 Å². The zero-order valence-corrected chi connectivity index (χ0v) is 10.9. The van der Waals surface area contributed by atoms with E-state index < -0.39 is 0 Å². The molecule has 2 aliphatic rings. The molecule has 4 heteroatoms. The number of hydrogen-bond donors (Lipinski definition) is 2. The van der Waals surface area contributed by atoms with Gasteiger partial charge in [-0.1, -0.05) is 12.1 Å². The number of methoxy groups -OCH3 is 2. The van der Waals surface area contributed by atoms with Crippen molar-refractivity contribution >= 4 is 5.57 Å². The van der Waals surface area contributed by atoms with Crippen LogP contribution in [-0.2, 0) is 0 Å². The van der Waals surface area contributed by atoms with Crippen LogP contribution in [0.4, 0.5) is 0 Å². The molecule has 4 nitrogen and oxygen atoms in total. The van der Waals surface area contributed by atoms with E-state index in [2.05, 4.69) is 16.7 Å². The Morgan fingerprint density at radius 2 is 1.89 bits per heavy atom. The minimum Gasteiger partial charge on any atom is -0.493 e. The van der Waals surface area contributed by atoms with Crippen LogP contribution >= 0.6 is 0 Å². The summed E-state index contributed by atoms with van der Waals surface area (Å²) in [5.41, 5.74) is 3.51. The second-order valence-corrected chi connectivity index (χ2v) is 4.38. The van der Waals surface area contributed by atoms with Crippen LogP contribution in [0.1, 0.15) is 5.56 Å². The van der Waals surface area contributed by atoms with E-state index in [1.807, 2.05) is 36.7 Å². The largest absolute Gasteiger partial charge is 0.493 e. The van der Waals surface area contributed by atoms with E-state index in [1.165, 1.54) is 11.1 Å². The SMILES string of the molecule is COc1ccc(C2=CNC3NC=CC=C23)cc1OC. The summed E-state index contributed by atoms with van der Waals surface area (Å²) in [6.07, 6.45) is 8.25. The van der Waals surface area contributed by atoms with Gasteiger partial charge in [0.25, 0.3) is 0 Å². The molecule has 0 aliphatic carbocycles. The number of hydrogen-bond acceptors (Lipinski definition) is 4. The predicted molar refractivity (Wildman–Crippen MR) is 74.8 cm³/mol. The first kappa shape index (κ1) is 11.7. The number of fused-ring (bicyclic) bond motifs is 1. The predicted octanol–water partition coefficient (Wildman–Crippen LogP) is 2.02. The van der Waals surface area contributed by atoms with Crippen molar-refractivity contribution in [2.75, 3.05) is 14.2 Å². The maximum Gasteiger partial charge on any atom is 0.161 e. The Bertz CT molecular complexity index is 588. The highest BCUT2D eigenvalue weighted by Gasteiger charge is 2.24. The monoisotopic (exact) mass is 256 g/mol. The van der Waals surface area contributed by atoms with E-state index in [1.54, 1.807) is 14.2 Å². The molecule has 1 aromatic rings. The van der Waals surface area contributed by atoms with Crippen LogP contribution in [0.3, 0.4) is 0 Å². The van der Waals surface area contributed by atoms with Gasteiger partial charge in [-0.05, 0) is 30.0 Å². The number of rotatable bonds is 3. The molecule has 2 heterocycles. The van der Waals surface area contributed by atoms with Gasteiger partial charge in [-0.2, -0.15) is 0 Å². The Hall–Kier alpha value is -2.36. The molecule has 0 bridgehead atoms. The van der Waals surface area contributed by atoms with E-state index in [9.17, 15) is 0 Å². The molecular formula is C15H16N2O2. The summed E-state index contributed by atoms with van der Waals surface area (Å²) in [6.45, 7) is 0. The van der Waals surface area contributed by atoms with Crippen molar-refractivity contribution in [3.63, 3.8) is 0 Å². The van der Waals surface area contributed by atoms with Crippen molar-refractivity contribution in [1.82, 2.24) is 10.6 Å². The van der Waals surface area contributed by atoms with E-state index in [-0.39, 0.29) is 6.17 Å². The van der Waals surface area contributed by atoms with Gasteiger partial charge in [0.1, 0.15) is 6.17 Å². The lowest BCUT2D eigenvalue weighted by molar-refractivity contribution is 0.355. The first-order valence-corrected chi connectivity index (χ1v) is 6.15. The molecule has 0 spiro atoms. The molecule has 1 unspecified atom stereocenters. The Morgan fingerprint density at radius 3 is 2.68 bits per heavy atom. The molecule has 1 atom stereocenters. The highest BCUT2D eigenvalue weighted by atomic mass is 16.5. The molecule has 2 N–H and O–H groups in total. The molecule has 0 aromatic heterocycles. The highest BCUT2D eigenvalue weighted by molar-refractivity contribution is 5.84. The topological polar surface area (TPSA) is 42.5 Å².